The van der Waals surface area contributed by atoms with Crippen LogP contribution in [0, 0.1) is 0 Å². The third-order valence-corrected chi connectivity index (χ3v) is 6.65. The molecule has 0 radical (unpaired) electrons. The summed E-state index contributed by atoms with van der Waals surface area (Å²) in [6.45, 7) is 1.65. The molecule has 2 aliphatic rings. The monoisotopic (exact) mass is 445 g/mol. The van der Waals surface area contributed by atoms with Crippen LogP contribution in [-0.2, 0) is 7.05 Å². The molecule has 4 aromatic rings. The summed E-state index contributed by atoms with van der Waals surface area (Å²) < 4.78 is 1.62. The van der Waals surface area contributed by atoms with Crippen LogP contribution in [0.3, 0.4) is 0 Å². The van der Waals surface area contributed by atoms with Gasteiger partial charge in [0.1, 0.15) is 6.33 Å². The normalized spacial score (nSPS) is 19.8. The van der Waals surface area contributed by atoms with Crippen LogP contribution in [0.2, 0.25) is 5.02 Å². The summed E-state index contributed by atoms with van der Waals surface area (Å²) in [5.41, 5.74) is 3.15. The number of fused-ring (bicyclic) bond motifs is 3. The molecule has 3 aromatic heterocycles. The molecular formula is C23H20ClN7O. The number of anilines is 2. The van der Waals surface area contributed by atoms with E-state index < -0.39 is 0 Å². The topological polar surface area (TPSA) is 80.0 Å². The average molecular weight is 446 g/mol. The van der Waals surface area contributed by atoms with Crippen LogP contribution < -0.4 is 15.4 Å². The van der Waals surface area contributed by atoms with Crippen LogP contribution in [-0.4, -0.2) is 49.7 Å². The maximum atomic E-state index is 12.7. The smallest absolute Gasteiger partial charge is 0.255 e. The van der Waals surface area contributed by atoms with Gasteiger partial charge in [-0.3, -0.25) is 14.3 Å². The van der Waals surface area contributed by atoms with E-state index in [1.807, 2.05) is 24.4 Å². The third kappa shape index (κ3) is 3.10. The van der Waals surface area contributed by atoms with E-state index in [0.717, 1.165) is 36.1 Å². The van der Waals surface area contributed by atoms with Crippen molar-refractivity contribution in [1.29, 1.82) is 0 Å². The molecular weight excluding hydrogens is 426 g/mol. The molecule has 2 unspecified atom stereocenters. The number of piperazine rings is 1. The molecule has 160 valence electrons. The SMILES string of the molecule is Cn1c(N2CC3CC2CN3c2cnc3ccc(Cl)cc3c2)nc(-c2ccncn2)cc1=O. The lowest BCUT2D eigenvalue weighted by atomic mass is 10.2. The van der Waals surface area contributed by atoms with Crippen molar-refractivity contribution in [2.24, 2.45) is 7.05 Å². The Hall–Kier alpha value is -3.52. The lowest BCUT2D eigenvalue weighted by molar-refractivity contribution is 0.614. The van der Waals surface area contributed by atoms with Gasteiger partial charge in [0, 0.05) is 48.9 Å². The molecule has 2 fully saturated rings. The Balaban J connectivity index is 1.30. The first-order chi connectivity index (χ1) is 15.6. The van der Waals surface area contributed by atoms with Gasteiger partial charge in [-0.25, -0.2) is 15.0 Å². The lowest BCUT2D eigenvalue weighted by Gasteiger charge is -2.36. The molecule has 2 atom stereocenters. The van der Waals surface area contributed by atoms with E-state index >= 15 is 0 Å². The number of benzene rings is 1. The first kappa shape index (κ1) is 19.2. The third-order valence-electron chi connectivity index (χ3n) is 6.41. The molecule has 2 aliphatic heterocycles. The maximum Gasteiger partial charge on any atom is 0.255 e. The number of halogens is 1. The van der Waals surface area contributed by atoms with Crippen molar-refractivity contribution in [1.82, 2.24) is 24.5 Å². The lowest BCUT2D eigenvalue weighted by Crippen LogP contribution is -2.48. The second kappa shape index (κ2) is 7.27. The largest absolute Gasteiger partial charge is 0.363 e. The fourth-order valence-electron chi connectivity index (χ4n) is 4.83. The second-order valence-electron chi connectivity index (χ2n) is 8.31. The Labute approximate surface area is 189 Å². The minimum Gasteiger partial charge on any atom is -0.363 e. The van der Waals surface area contributed by atoms with Gasteiger partial charge in [0.15, 0.2) is 0 Å². The van der Waals surface area contributed by atoms with Crippen LogP contribution in [0.1, 0.15) is 6.42 Å². The first-order valence-corrected chi connectivity index (χ1v) is 10.9. The van der Waals surface area contributed by atoms with Crippen molar-refractivity contribution in [3.8, 4) is 11.4 Å². The molecule has 0 amide bonds. The zero-order valence-electron chi connectivity index (χ0n) is 17.4. The Morgan fingerprint density at radius 1 is 1.00 bits per heavy atom. The maximum absolute atomic E-state index is 12.7. The minimum absolute atomic E-state index is 0.0983. The quantitative estimate of drug-likeness (QED) is 0.479. The molecule has 0 spiro atoms. The second-order valence-corrected chi connectivity index (χ2v) is 8.75. The van der Waals surface area contributed by atoms with Crippen LogP contribution in [0.15, 0.2) is 59.9 Å². The highest BCUT2D eigenvalue weighted by Gasteiger charge is 2.44. The van der Waals surface area contributed by atoms with Crippen molar-refractivity contribution in [2.75, 3.05) is 22.9 Å². The fourth-order valence-corrected chi connectivity index (χ4v) is 5.01. The molecule has 0 saturated carbocycles. The van der Waals surface area contributed by atoms with E-state index in [4.69, 9.17) is 16.6 Å². The number of pyridine rings is 1. The number of hydrogen-bond acceptors (Lipinski definition) is 7. The number of aromatic nitrogens is 5. The van der Waals surface area contributed by atoms with Crippen molar-refractivity contribution >= 4 is 34.1 Å². The van der Waals surface area contributed by atoms with Crippen LogP contribution in [0.4, 0.5) is 11.6 Å². The highest BCUT2D eigenvalue weighted by Crippen LogP contribution is 2.37. The van der Waals surface area contributed by atoms with Crippen molar-refractivity contribution in [3.63, 3.8) is 0 Å². The zero-order chi connectivity index (χ0) is 21.8. The van der Waals surface area contributed by atoms with E-state index in [0.29, 0.717) is 28.4 Å². The van der Waals surface area contributed by atoms with Crippen molar-refractivity contribution < 1.29 is 0 Å². The summed E-state index contributed by atoms with van der Waals surface area (Å²) >= 11 is 6.17. The number of nitrogens with zero attached hydrogens (tertiary/aromatic N) is 7. The molecule has 32 heavy (non-hydrogen) atoms. The predicted octanol–water partition coefficient (Wildman–Crippen LogP) is 2.91. The average Bonchev–Trinajstić information content (AvgIpc) is 3.42. The van der Waals surface area contributed by atoms with Gasteiger partial charge in [0.25, 0.3) is 5.56 Å². The molecule has 0 N–H and O–H groups in total. The fraction of sp³-hybridized carbons (Fsp3) is 0.261. The number of hydrogen-bond donors (Lipinski definition) is 0. The van der Waals surface area contributed by atoms with Gasteiger partial charge in [-0.2, -0.15) is 0 Å². The Morgan fingerprint density at radius 3 is 2.62 bits per heavy atom. The van der Waals surface area contributed by atoms with Gasteiger partial charge in [0.2, 0.25) is 5.95 Å². The Morgan fingerprint density at radius 2 is 1.84 bits per heavy atom. The molecule has 6 rings (SSSR count). The molecule has 1 aromatic carbocycles. The Kier molecular flexibility index (Phi) is 4.36. The summed E-state index contributed by atoms with van der Waals surface area (Å²) in [7, 11) is 1.77. The van der Waals surface area contributed by atoms with E-state index in [2.05, 4.69) is 30.8 Å². The summed E-state index contributed by atoms with van der Waals surface area (Å²) in [5, 5.41) is 1.75. The van der Waals surface area contributed by atoms with E-state index in [1.165, 1.54) is 12.4 Å². The van der Waals surface area contributed by atoms with Gasteiger partial charge < -0.3 is 9.80 Å². The van der Waals surface area contributed by atoms with Crippen LogP contribution in [0.5, 0.6) is 0 Å². The van der Waals surface area contributed by atoms with E-state index in [1.54, 1.807) is 23.9 Å². The van der Waals surface area contributed by atoms with Gasteiger partial charge >= 0.3 is 0 Å². The highest BCUT2D eigenvalue weighted by atomic mass is 35.5. The minimum atomic E-state index is -0.0983. The first-order valence-electron chi connectivity index (χ1n) is 10.5. The van der Waals surface area contributed by atoms with Gasteiger partial charge in [0.05, 0.1) is 34.8 Å². The predicted molar refractivity (Wildman–Crippen MR) is 124 cm³/mol. The van der Waals surface area contributed by atoms with Crippen molar-refractivity contribution in [3.05, 3.63) is 70.5 Å². The summed E-state index contributed by atoms with van der Waals surface area (Å²) in [4.78, 5) is 34.9. The molecule has 5 heterocycles. The standard InChI is InChI=1S/C23H20ClN7O/c1-29-22(32)9-21(20-4-5-25-13-27-20)28-23(29)31-12-17-8-18(31)11-30(17)16-7-14-6-15(24)2-3-19(14)26-10-16/h2-7,9-10,13,17-18H,8,11-12H2,1H3. The summed E-state index contributed by atoms with van der Waals surface area (Å²) in [6.07, 6.45) is 6.07. The van der Waals surface area contributed by atoms with Crippen molar-refractivity contribution in [2.45, 2.75) is 18.5 Å². The molecule has 0 aliphatic carbocycles. The molecule has 2 bridgehead atoms. The van der Waals surface area contributed by atoms with E-state index in [9.17, 15) is 4.79 Å². The zero-order valence-corrected chi connectivity index (χ0v) is 18.1. The van der Waals surface area contributed by atoms with Gasteiger partial charge in [-0.15, -0.1) is 0 Å². The Bertz CT molecular complexity index is 1390. The molecule has 8 nitrogen and oxygen atoms in total. The molecule has 2 saturated heterocycles. The van der Waals surface area contributed by atoms with E-state index in [-0.39, 0.29) is 11.6 Å². The van der Waals surface area contributed by atoms with Gasteiger partial charge in [-0.05, 0) is 36.8 Å². The van der Waals surface area contributed by atoms with Gasteiger partial charge in [-0.1, -0.05) is 11.6 Å². The van der Waals surface area contributed by atoms with Crippen LogP contribution in [0.25, 0.3) is 22.3 Å². The summed E-state index contributed by atoms with van der Waals surface area (Å²) in [5.74, 6) is 0.682. The van der Waals surface area contributed by atoms with Crippen LogP contribution >= 0.6 is 11.6 Å². The summed E-state index contributed by atoms with van der Waals surface area (Å²) in [6, 6.07) is 11.8. The molecule has 9 heteroatoms. The highest BCUT2D eigenvalue weighted by molar-refractivity contribution is 6.31. The number of rotatable bonds is 3.